The Balaban J connectivity index is 2.67. The number of aryl methyl sites for hydroxylation is 1. The van der Waals surface area contributed by atoms with E-state index in [1.165, 1.54) is 56.5 Å². The van der Waals surface area contributed by atoms with Crippen LogP contribution >= 0.6 is 0 Å². The molecule has 8 nitrogen and oxygen atoms in total. The number of anilines is 1. The van der Waals surface area contributed by atoms with Gasteiger partial charge in [0.2, 0.25) is 0 Å². The summed E-state index contributed by atoms with van der Waals surface area (Å²) in [6.45, 7) is 1.50. The zero-order valence-corrected chi connectivity index (χ0v) is 15.1. The molecule has 2 rings (SSSR count). The molecule has 0 aromatic heterocycles. The Bertz CT molecular complexity index is 942. The fourth-order valence-electron chi connectivity index (χ4n) is 2.44. The molecule has 0 fully saturated rings. The third kappa shape index (κ3) is 3.84. The lowest BCUT2D eigenvalue weighted by molar-refractivity contribution is -0.139. The predicted octanol–water partition coefficient (Wildman–Crippen LogP) is 1.73. The van der Waals surface area contributed by atoms with Crippen LogP contribution in [0.15, 0.2) is 58.8 Å². The highest BCUT2D eigenvalue weighted by Crippen LogP contribution is 2.29. The molecule has 0 aliphatic carbocycles. The van der Waals surface area contributed by atoms with E-state index >= 15 is 0 Å². The molecule has 1 aliphatic heterocycles. The summed E-state index contributed by atoms with van der Waals surface area (Å²) in [5.74, 6) is -1.51. The number of nitrogens with zero attached hydrogens (tertiary/aromatic N) is 1. The number of hydrogen-bond acceptors (Lipinski definition) is 7. The molecular formula is C17H17NO7S. The maximum Gasteiger partial charge on any atom is 0.355 e. The van der Waals surface area contributed by atoms with Crippen molar-refractivity contribution in [3.05, 3.63) is 59.5 Å². The van der Waals surface area contributed by atoms with Gasteiger partial charge in [-0.3, -0.25) is 4.55 Å². The van der Waals surface area contributed by atoms with Crippen molar-refractivity contribution in [2.45, 2.75) is 11.8 Å². The average Bonchev–Trinajstić information content (AvgIpc) is 2.82. The number of benzene rings is 1. The number of esters is 2. The van der Waals surface area contributed by atoms with Crippen LogP contribution in [0, 0.1) is 6.92 Å². The Morgan fingerprint density at radius 2 is 1.73 bits per heavy atom. The van der Waals surface area contributed by atoms with Gasteiger partial charge in [-0.25, -0.2) is 9.59 Å². The van der Waals surface area contributed by atoms with E-state index in [0.717, 1.165) is 0 Å². The molecule has 0 spiro atoms. The van der Waals surface area contributed by atoms with E-state index in [2.05, 4.69) is 0 Å². The fraction of sp³-hybridized carbons (Fsp3) is 0.176. The monoisotopic (exact) mass is 379 g/mol. The number of allylic oxidation sites excluding steroid dienone is 2. The van der Waals surface area contributed by atoms with Gasteiger partial charge in [-0.15, -0.1) is 0 Å². The number of hydrogen-bond donors (Lipinski definition) is 1. The van der Waals surface area contributed by atoms with Gasteiger partial charge in [0.1, 0.15) is 5.70 Å². The summed E-state index contributed by atoms with van der Waals surface area (Å²) in [4.78, 5) is 25.5. The van der Waals surface area contributed by atoms with Crippen LogP contribution in [0.4, 0.5) is 5.69 Å². The summed E-state index contributed by atoms with van der Waals surface area (Å²) in [5, 5.41) is 0. The van der Waals surface area contributed by atoms with Crippen LogP contribution < -0.4 is 4.90 Å². The lowest BCUT2D eigenvalue weighted by Gasteiger charge is -2.23. The first-order chi connectivity index (χ1) is 12.2. The minimum atomic E-state index is -4.38. The van der Waals surface area contributed by atoms with Gasteiger partial charge in [-0.2, -0.15) is 8.42 Å². The summed E-state index contributed by atoms with van der Waals surface area (Å²) in [6.07, 6.45) is 6.06. The molecule has 0 unspecified atom stereocenters. The van der Waals surface area contributed by atoms with Crippen molar-refractivity contribution in [2.24, 2.45) is 0 Å². The smallest absolute Gasteiger partial charge is 0.355 e. The SMILES string of the molecule is COC(=O)C1=C(C(=O)OC)N(c2ccc(S(=O)(=O)O)c(C)c2)C=CC=C1. The lowest BCUT2D eigenvalue weighted by Crippen LogP contribution is -2.27. The number of carbonyl (C=O) groups excluding carboxylic acids is 2. The van der Waals surface area contributed by atoms with Gasteiger partial charge < -0.3 is 14.4 Å². The first-order valence-corrected chi connectivity index (χ1v) is 8.78. The van der Waals surface area contributed by atoms with E-state index < -0.39 is 22.1 Å². The standard InChI is InChI=1S/C17H17NO7S/c1-11-10-12(7-8-14(11)26(21,22)23)18-9-5-4-6-13(16(19)24-2)15(18)17(20)25-3/h4-10H,1-3H3,(H,21,22,23). The summed E-state index contributed by atoms with van der Waals surface area (Å²) < 4.78 is 41.5. The Morgan fingerprint density at radius 1 is 1.08 bits per heavy atom. The highest BCUT2D eigenvalue weighted by Gasteiger charge is 2.28. The van der Waals surface area contributed by atoms with Crippen LogP contribution in [0.2, 0.25) is 0 Å². The van der Waals surface area contributed by atoms with Crippen LogP contribution in [0.3, 0.4) is 0 Å². The normalized spacial score (nSPS) is 14.2. The third-order valence-electron chi connectivity index (χ3n) is 3.60. The fourth-order valence-corrected chi connectivity index (χ4v) is 3.14. The maximum atomic E-state index is 12.3. The van der Waals surface area contributed by atoms with E-state index in [0.29, 0.717) is 5.69 Å². The van der Waals surface area contributed by atoms with Crippen molar-refractivity contribution < 1.29 is 32.0 Å². The largest absolute Gasteiger partial charge is 0.465 e. The average molecular weight is 379 g/mol. The van der Waals surface area contributed by atoms with E-state index in [4.69, 9.17) is 9.47 Å². The first kappa shape index (κ1) is 19.4. The summed E-state index contributed by atoms with van der Waals surface area (Å²) in [6, 6.07) is 4.05. The molecule has 0 bridgehead atoms. The molecule has 1 aromatic carbocycles. The summed E-state index contributed by atoms with van der Waals surface area (Å²) in [7, 11) is -2.02. The van der Waals surface area contributed by atoms with Crippen molar-refractivity contribution >= 4 is 27.7 Å². The maximum absolute atomic E-state index is 12.3. The van der Waals surface area contributed by atoms with Gasteiger partial charge in [-0.1, -0.05) is 6.08 Å². The molecule has 0 amide bonds. The predicted molar refractivity (Wildman–Crippen MR) is 92.8 cm³/mol. The molecule has 1 aromatic rings. The van der Waals surface area contributed by atoms with Gasteiger partial charge in [0.25, 0.3) is 10.1 Å². The van der Waals surface area contributed by atoms with Gasteiger partial charge in [0.15, 0.2) is 0 Å². The van der Waals surface area contributed by atoms with Crippen molar-refractivity contribution in [3.63, 3.8) is 0 Å². The molecule has 0 radical (unpaired) electrons. The molecular weight excluding hydrogens is 362 g/mol. The second-order valence-electron chi connectivity index (χ2n) is 5.24. The highest BCUT2D eigenvalue weighted by molar-refractivity contribution is 7.85. The molecule has 1 heterocycles. The molecule has 138 valence electrons. The number of ether oxygens (including phenoxy) is 2. The van der Waals surface area contributed by atoms with Crippen LogP contribution in [-0.4, -0.2) is 39.1 Å². The van der Waals surface area contributed by atoms with Crippen LogP contribution in [0.1, 0.15) is 5.56 Å². The highest BCUT2D eigenvalue weighted by atomic mass is 32.2. The molecule has 1 aliphatic rings. The third-order valence-corrected chi connectivity index (χ3v) is 4.62. The molecule has 1 N–H and O–H groups in total. The molecule has 0 atom stereocenters. The Kier molecular flexibility index (Phi) is 5.63. The van der Waals surface area contributed by atoms with Gasteiger partial charge >= 0.3 is 11.9 Å². The van der Waals surface area contributed by atoms with E-state index in [1.807, 2.05) is 0 Å². The summed E-state index contributed by atoms with van der Waals surface area (Å²) >= 11 is 0. The van der Waals surface area contributed by atoms with Gasteiger partial charge in [0.05, 0.1) is 24.7 Å². The zero-order valence-electron chi connectivity index (χ0n) is 14.3. The van der Waals surface area contributed by atoms with Crippen LogP contribution in [0.25, 0.3) is 0 Å². The van der Waals surface area contributed by atoms with Crippen LogP contribution in [0.5, 0.6) is 0 Å². The summed E-state index contributed by atoms with van der Waals surface area (Å²) in [5.41, 5.74) is 0.528. The second-order valence-corrected chi connectivity index (χ2v) is 6.63. The second kappa shape index (κ2) is 7.54. The van der Waals surface area contributed by atoms with Crippen molar-refractivity contribution in [2.75, 3.05) is 19.1 Å². The number of methoxy groups -OCH3 is 2. The topological polar surface area (TPSA) is 110 Å². The van der Waals surface area contributed by atoms with Gasteiger partial charge in [0, 0.05) is 11.9 Å². The number of rotatable bonds is 4. The van der Waals surface area contributed by atoms with Gasteiger partial charge in [-0.05, 0) is 42.8 Å². The molecule has 26 heavy (non-hydrogen) atoms. The first-order valence-electron chi connectivity index (χ1n) is 7.34. The van der Waals surface area contributed by atoms with E-state index in [1.54, 1.807) is 12.2 Å². The lowest BCUT2D eigenvalue weighted by atomic mass is 10.1. The van der Waals surface area contributed by atoms with E-state index in [9.17, 15) is 22.6 Å². The molecule has 0 saturated heterocycles. The van der Waals surface area contributed by atoms with Crippen molar-refractivity contribution in [1.82, 2.24) is 0 Å². The Labute approximate surface area is 150 Å². The molecule has 9 heteroatoms. The minimum Gasteiger partial charge on any atom is -0.465 e. The van der Waals surface area contributed by atoms with E-state index in [-0.39, 0.29) is 21.7 Å². The van der Waals surface area contributed by atoms with Crippen LogP contribution in [-0.2, 0) is 29.2 Å². The zero-order chi connectivity index (χ0) is 19.5. The Hall–Kier alpha value is -2.91. The Morgan fingerprint density at radius 3 is 2.27 bits per heavy atom. The van der Waals surface area contributed by atoms with Crippen molar-refractivity contribution in [1.29, 1.82) is 0 Å². The number of carbonyl (C=O) groups is 2. The minimum absolute atomic E-state index is 0.0270. The van der Waals surface area contributed by atoms with Crippen molar-refractivity contribution in [3.8, 4) is 0 Å². The molecule has 0 saturated carbocycles. The quantitative estimate of drug-likeness (QED) is 0.622.